The van der Waals surface area contributed by atoms with Crippen LogP contribution in [0.4, 0.5) is 5.82 Å². The fourth-order valence-corrected chi connectivity index (χ4v) is 6.48. The number of hydrogen-bond acceptors (Lipinski definition) is 5. The van der Waals surface area contributed by atoms with E-state index < -0.39 is 0 Å². The highest BCUT2D eigenvalue weighted by atomic mass is 35.5. The third kappa shape index (κ3) is 5.33. The van der Waals surface area contributed by atoms with E-state index in [0.29, 0.717) is 16.1 Å². The Morgan fingerprint density at radius 2 is 1.85 bits per heavy atom. The molecule has 3 heterocycles. The Morgan fingerprint density at radius 1 is 1.03 bits per heavy atom. The maximum Gasteiger partial charge on any atom is 0.150 e. The Bertz CT molecular complexity index is 1080. The van der Waals surface area contributed by atoms with E-state index in [9.17, 15) is 0 Å². The molecule has 2 aliphatic rings. The lowest BCUT2D eigenvalue weighted by atomic mass is 9.94. The van der Waals surface area contributed by atoms with E-state index in [-0.39, 0.29) is 0 Å². The normalized spacial score (nSPS) is 21.5. The van der Waals surface area contributed by atoms with Crippen molar-refractivity contribution in [2.75, 3.05) is 50.7 Å². The predicted octanol–water partition coefficient (Wildman–Crippen LogP) is 6.59. The number of benzene rings is 2. The van der Waals surface area contributed by atoms with Gasteiger partial charge in [-0.3, -0.25) is 9.80 Å². The SMILES string of the molecule is CC1CCCN(C(CCN2CCN(c3nsc4ccccc34)CC2)c2ccc(Cl)c(Cl)c2)C1. The van der Waals surface area contributed by atoms with Crippen LogP contribution < -0.4 is 4.90 Å². The summed E-state index contributed by atoms with van der Waals surface area (Å²) in [5.74, 6) is 1.91. The van der Waals surface area contributed by atoms with Crippen molar-refractivity contribution in [3.05, 3.63) is 58.1 Å². The molecule has 2 aromatic carbocycles. The number of hydrogen-bond donors (Lipinski definition) is 0. The van der Waals surface area contributed by atoms with E-state index in [2.05, 4.69) is 58.0 Å². The van der Waals surface area contributed by atoms with Gasteiger partial charge in [-0.25, -0.2) is 0 Å². The molecule has 1 aromatic heterocycles. The van der Waals surface area contributed by atoms with Gasteiger partial charge in [0.2, 0.25) is 0 Å². The molecule has 0 N–H and O–H groups in total. The highest BCUT2D eigenvalue weighted by Gasteiger charge is 2.27. The van der Waals surface area contributed by atoms with Gasteiger partial charge >= 0.3 is 0 Å². The number of nitrogens with zero attached hydrogens (tertiary/aromatic N) is 4. The van der Waals surface area contributed by atoms with Gasteiger partial charge in [0.25, 0.3) is 0 Å². The molecule has 2 atom stereocenters. The number of rotatable bonds is 6. The van der Waals surface area contributed by atoms with Crippen molar-refractivity contribution in [2.24, 2.45) is 5.92 Å². The Hall–Kier alpha value is -1.37. The third-order valence-corrected chi connectivity index (χ3v) is 8.76. The quantitative estimate of drug-likeness (QED) is 0.379. The number of fused-ring (bicyclic) bond motifs is 1. The first kappa shape index (κ1) is 23.4. The summed E-state index contributed by atoms with van der Waals surface area (Å²) >= 11 is 14.2. The molecule has 7 heteroatoms. The molecular formula is C26H32Cl2N4S. The fraction of sp³-hybridized carbons (Fsp3) is 0.500. The van der Waals surface area contributed by atoms with Crippen LogP contribution in [-0.4, -0.2) is 60.0 Å². The van der Waals surface area contributed by atoms with Crippen molar-refractivity contribution in [3.63, 3.8) is 0 Å². The molecule has 0 bridgehead atoms. The topological polar surface area (TPSA) is 22.6 Å². The maximum atomic E-state index is 6.41. The molecule has 3 aromatic rings. The van der Waals surface area contributed by atoms with Crippen LogP contribution >= 0.6 is 34.7 Å². The highest BCUT2D eigenvalue weighted by molar-refractivity contribution is 7.13. The van der Waals surface area contributed by atoms with Crippen molar-refractivity contribution in [1.82, 2.24) is 14.2 Å². The average molecular weight is 504 g/mol. The minimum Gasteiger partial charge on any atom is -0.353 e. The molecule has 0 spiro atoms. The molecule has 2 unspecified atom stereocenters. The molecule has 4 nitrogen and oxygen atoms in total. The van der Waals surface area contributed by atoms with Crippen LogP contribution in [0.5, 0.6) is 0 Å². The first-order valence-electron chi connectivity index (χ1n) is 12.1. The van der Waals surface area contributed by atoms with Gasteiger partial charge in [-0.2, -0.15) is 4.37 Å². The zero-order chi connectivity index (χ0) is 22.8. The molecular weight excluding hydrogens is 471 g/mol. The Balaban J connectivity index is 1.23. The molecule has 33 heavy (non-hydrogen) atoms. The van der Waals surface area contributed by atoms with Gasteiger partial charge in [-0.05, 0) is 73.1 Å². The molecule has 0 amide bonds. The largest absolute Gasteiger partial charge is 0.353 e. The predicted molar refractivity (Wildman–Crippen MR) is 142 cm³/mol. The summed E-state index contributed by atoms with van der Waals surface area (Å²) < 4.78 is 6.03. The van der Waals surface area contributed by atoms with Gasteiger partial charge in [0.1, 0.15) is 5.82 Å². The van der Waals surface area contributed by atoms with E-state index in [1.54, 1.807) is 11.5 Å². The van der Waals surface area contributed by atoms with Crippen molar-refractivity contribution >= 4 is 50.6 Å². The van der Waals surface area contributed by atoms with Gasteiger partial charge < -0.3 is 4.90 Å². The minimum atomic E-state index is 0.392. The van der Waals surface area contributed by atoms with Crippen molar-refractivity contribution in [1.29, 1.82) is 0 Å². The van der Waals surface area contributed by atoms with Crippen LogP contribution in [0.25, 0.3) is 10.1 Å². The lowest BCUT2D eigenvalue weighted by Crippen LogP contribution is -2.47. The van der Waals surface area contributed by atoms with E-state index in [1.165, 1.54) is 35.0 Å². The van der Waals surface area contributed by atoms with Crippen LogP contribution in [0, 0.1) is 5.92 Å². The van der Waals surface area contributed by atoms with Crippen molar-refractivity contribution in [2.45, 2.75) is 32.2 Å². The summed E-state index contributed by atoms with van der Waals surface area (Å²) in [6.07, 6.45) is 3.72. The van der Waals surface area contributed by atoms with Gasteiger partial charge in [0.15, 0.2) is 0 Å². The van der Waals surface area contributed by atoms with Gasteiger partial charge in [-0.15, -0.1) is 0 Å². The average Bonchev–Trinajstić information content (AvgIpc) is 3.26. The summed E-state index contributed by atoms with van der Waals surface area (Å²) in [4.78, 5) is 7.74. The number of aromatic nitrogens is 1. The molecule has 0 radical (unpaired) electrons. The molecule has 5 rings (SSSR count). The summed E-state index contributed by atoms with van der Waals surface area (Å²) in [5, 5.41) is 2.58. The number of halogens is 2. The molecule has 2 fully saturated rings. The second kappa shape index (κ2) is 10.5. The van der Waals surface area contributed by atoms with E-state index in [1.807, 2.05) is 6.07 Å². The van der Waals surface area contributed by atoms with Crippen molar-refractivity contribution < 1.29 is 0 Å². The molecule has 2 aliphatic heterocycles. The summed E-state index contributed by atoms with van der Waals surface area (Å²) in [6.45, 7) is 10.0. The second-order valence-electron chi connectivity index (χ2n) is 9.55. The summed E-state index contributed by atoms with van der Waals surface area (Å²) in [5.41, 5.74) is 1.30. The molecule has 176 valence electrons. The number of piperidine rings is 1. The zero-order valence-corrected chi connectivity index (χ0v) is 21.5. The van der Waals surface area contributed by atoms with Crippen LogP contribution in [0.1, 0.15) is 37.8 Å². The standard InChI is InChI=1S/C26H32Cl2N4S/c1-19-5-4-11-32(18-19)24(20-8-9-22(27)23(28)17-20)10-12-30-13-15-31(16-14-30)26-21-6-2-3-7-25(21)33-29-26/h2-3,6-9,17,19,24H,4-5,10-16,18H2,1H3. The first-order chi connectivity index (χ1) is 16.1. The van der Waals surface area contributed by atoms with Gasteiger partial charge in [-0.1, -0.05) is 48.3 Å². The third-order valence-electron chi connectivity index (χ3n) is 7.21. The Labute approximate surface area is 211 Å². The number of anilines is 1. The van der Waals surface area contributed by atoms with Crippen molar-refractivity contribution in [3.8, 4) is 0 Å². The smallest absolute Gasteiger partial charge is 0.150 e. The van der Waals surface area contributed by atoms with Gasteiger partial charge in [0.05, 0.1) is 14.7 Å². The van der Waals surface area contributed by atoms with Crippen LogP contribution in [-0.2, 0) is 0 Å². The van der Waals surface area contributed by atoms with E-state index in [0.717, 1.165) is 57.4 Å². The van der Waals surface area contributed by atoms with Crippen LogP contribution in [0.2, 0.25) is 10.0 Å². The zero-order valence-electron chi connectivity index (χ0n) is 19.2. The van der Waals surface area contributed by atoms with Crippen LogP contribution in [0.15, 0.2) is 42.5 Å². The Morgan fingerprint density at radius 3 is 2.64 bits per heavy atom. The first-order valence-corrected chi connectivity index (χ1v) is 13.6. The van der Waals surface area contributed by atoms with E-state index >= 15 is 0 Å². The number of likely N-dealkylation sites (tertiary alicyclic amines) is 1. The highest BCUT2D eigenvalue weighted by Crippen LogP contribution is 2.34. The summed E-state index contributed by atoms with van der Waals surface area (Å²) in [6, 6.07) is 15.2. The summed E-state index contributed by atoms with van der Waals surface area (Å²) in [7, 11) is 0. The lowest BCUT2D eigenvalue weighted by Gasteiger charge is -2.40. The molecule has 0 saturated carbocycles. The Kier molecular flexibility index (Phi) is 7.43. The minimum absolute atomic E-state index is 0.392. The van der Waals surface area contributed by atoms with Gasteiger partial charge in [0, 0.05) is 50.7 Å². The monoisotopic (exact) mass is 502 g/mol. The fourth-order valence-electron chi connectivity index (χ4n) is 5.38. The molecule has 0 aliphatic carbocycles. The second-order valence-corrected chi connectivity index (χ2v) is 11.2. The number of piperazine rings is 1. The molecule has 2 saturated heterocycles. The van der Waals surface area contributed by atoms with E-state index in [4.69, 9.17) is 27.6 Å². The maximum absolute atomic E-state index is 6.41. The lowest BCUT2D eigenvalue weighted by molar-refractivity contribution is 0.111. The van der Waals surface area contributed by atoms with Crippen LogP contribution in [0.3, 0.4) is 0 Å².